The molecular weight excluding hydrogens is 300 g/mol. The normalized spacial score (nSPS) is 10.2. The summed E-state index contributed by atoms with van der Waals surface area (Å²) in [6.45, 7) is 3.43. The Morgan fingerprint density at radius 3 is 3.06 bits per heavy atom. The number of halogens is 1. The predicted molar refractivity (Wildman–Crippen MR) is 74.8 cm³/mol. The van der Waals surface area contributed by atoms with E-state index in [9.17, 15) is 0 Å². The van der Waals surface area contributed by atoms with Gasteiger partial charge in [-0.15, -0.1) is 11.3 Å². The molecule has 1 aromatic heterocycles. The number of anilines is 1. The number of rotatable bonds is 5. The van der Waals surface area contributed by atoms with E-state index in [0.717, 1.165) is 22.0 Å². The smallest absolute Gasteiger partial charge is 0.184 e. The number of nitrogens with one attached hydrogen (secondary N) is 1. The van der Waals surface area contributed by atoms with Gasteiger partial charge in [-0.3, -0.25) is 0 Å². The fourth-order valence-corrected chi connectivity index (χ4v) is 2.57. The summed E-state index contributed by atoms with van der Waals surface area (Å²) in [5.41, 5.74) is 1.18. The molecule has 0 aliphatic rings. The van der Waals surface area contributed by atoms with Crippen molar-refractivity contribution in [1.82, 2.24) is 4.98 Å². The highest BCUT2D eigenvalue weighted by Gasteiger charge is 2.00. The molecule has 0 bridgehead atoms. The van der Waals surface area contributed by atoms with Crippen LogP contribution in [0.1, 0.15) is 12.5 Å². The van der Waals surface area contributed by atoms with Crippen molar-refractivity contribution in [3.63, 3.8) is 0 Å². The highest BCUT2D eigenvalue weighted by Crippen LogP contribution is 2.20. The lowest BCUT2D eigenvalue weighted by atomic mass is 10.2. The summed E-state index contributed by atoms with van der Waals surface area (Å²) in [6, 6.07) is 8.07. The number of aromatic nitrogens is 1. The maximum Gasteiger partial charge on any atom is 0.184 e. The molecule has 0 radical (unpaired) electrons. The minimum Gasteiger partial charge on any atom is -0.494 e. The third-order valence-electron chi connectivity index (χ3n) is 2.13. The molecule has 0 aliphatic carbocycles. The van der Waals surface area contributed by atoms with Gasteiger partial charge in [-0.05, 0) is 40.5 Å². The molecule has 2 aromatic rings. The molecule has 90 valence electrons. The number of hydrogen-bond donors (Lipinski definition) is 1. The van der Waals surface area contributed by atoms with Crippen LogP contribution in [0.3, 0.4) is 0 Å². The molecule has 0 saturated heterocycles. The van der Waals surface area contributed by atoms with Crippen molar-refractivity contribution >= 4 is 32.4 Å². The second-order valence-corrected chi connectivity index (χ2v) is 5.08. The van der Waals surface area contributed by atoms with Crippen molar-refractivity contribution in [1.29, 1.82) is 0 Å². The number of hydrogen-bond acceptors (Lipinski definition) is 4. The van der Waals surface area contributed by atoms with E-state index in [0.29, 0.717) is 6.61 Å². The van der Waals surface area contributed by atoms with Gasteiger partial charge in [-0.25, -0.2) is 4.98 Å². The Labute approximate surface area is 113 Å². The van der Waals surface area contributed by atoms with Crippen molar-refractivity contribution in [2.45, 2.75) is 13.5 Å². The second-order valence-electron chi connectivity index (χ2n) is 3.41. The van der Waals surface area contributed by atoms with E-state index in [1.807, 2.05) is 30.5 Å². The Kier molecular flexibility index (Phi) is 4.39. The maximum absolute atomic E-state index is 5.45. The predicted octanol–water partition coefficient (Wildman–Crippen LogP) is 3.92. The molecule has 17 heavy (non-hydrogen) atoms. The Hall–Kier alpha value is -1.07. The van der Waals surface area contributed by atoms with E-state index >= 15 is 0 Å². The molecule has 1 heterocycles. The second kappa shape index (κ2) is 6.02. The van der Waals surface area contributed by atoms with Crippen LogP contribution in [-0.2, 0) is 6.54 Å². The molecule has 5 heteroatoms. The SMILES string of the molecule is CCOc1cccc(CNc2nc(Br)cs2)c1. The van der Waals surface area contributed by atoms with E-state index in [-0.39, 0.29) is 0 Å². The lowest BCUT2D eigenvalue weighted by molar-refractivity contribution is 0.340. The monoisotopic (exact) mass is 312 g/mol. The first-order chi connectivity index (χ1) is 8.28. The molecule has 3 nitrogen and oxygen atoms in total. The van der Waals surface area contributed by atoms with Crippen molar-refractivity contribution < 1.29 is 4.74 Å². The number of benzene rings is 1. The van der Waals surface area contributed by atoms with Gasteiger partial charge in [-0.2, -0.15) is 0 Å². The van der Waals surface area contributed by atoms with Crippen LogP contribution < -0.4 is 10.1 Å². The minimum absolute atomic E-state index is 0.691. The van der Waals surface area contributed by atoms with Gasteiger partial charge >= 0.3 is 0 Å². The van der Waals surface area contributed by atoms with E-state index in [2.05, 4.69) is 32.3 Å². The van der Waals surface area contributed by atoms with Crippen LogP contribution in [-0.4, -0.2) is 11.6 Å². The summed E-state index contributed by atoms with van der Waals surface area (Å²) in [6.07, 6.45) is 0. The first kappa shape index (κ1) is 12.4. The van der Waals surface area contributed by atoms with Crippen LogP contribution in [0.2, 0.25) is 0 Å². The standard InChI is InChI=1S/C12H13BrN2OS/c1-2-16-10-5-3-4-9(6-10)7-14-12-15-11(13)8-17-12/h3-6,8H,2,7H2,1H3,(H,14,15). The van der Waals surface area contributed by atoms with Gasteiger partial charge in [-0.1, -0.05) is 12.1 Å². The largest absolute Gasteiger partial charge is 0.494 e. The molecule has 1 N–H and O–H groups in total. The minimum atomic E-state index is 0.691. The summed E-state index contributed by atoms with van der Waals surface area (Å²) in [5, 5.41) is 6.15. The molecule has 1 aromatic carbocycles. The van der Waals surface area contributed by atoms with E-state index < -0.39 is 0 Å². The van der Waals surface area contributed by atoms with Crippen molar-refractivity contribution in [3.8, 4) is 5.75 Å². The molecule has 0 amide bonds. The Balaban J connectivity index is 1.96. The van der Waals surface area contributed by atoms with Crippen LogP contribution in [0.15, 0.2) is 34.2 Å². The molecule has 0 aliphatic heterocycles. The lowest BCUT2D eigenvalue weighted by Crippen LogP contribution is -1.99. The summed E-state index contributed by atoms with van der Waals surface area (Å²) in [5.74, 6) is 0.909. The Bertz CT molecular complexity index is 487. The fraction of sp³-hybridized carbons (Fsp3) is 0.250. The molecule has 0 fully saturated rings. The summed E-state index contributed by atoms with van der Waals surface area (Å²) in [7, 11) is 0. The molecule has 2 rings (SSSR count). The highest BCUT2D eigenvalue weighted by atomic mass is 79.9. The van der Waals surface area contributed by atoms with Crippen molar-refractivity contribution in [2.24, 2.45) is 0 Å². The summed E-state index contributed by atoms with van der Waals surface area (Å²) >= 11 is 4.91. The van der Waals surface area contributed by atoms with Gasteiger partial charge in [0.1, 0.15) is 10.4 Å². The third kappa shape index (κ3) is 3.71. The molecule has 0 unspecified atom stereocenters. The topological polar surface area (TPSA) is 34.1 Å². The average molecular weight is 313 g/mol. The maximum atomic E-state index is 5.45. The summed E-state index contributed by atoms with van der Waals surface area (Å²) < 4.78 is 6.32. The molecule has 0 spiro atoms. The molecule has 0 atom stereocenters. The van der Waals surface area contributed by atoms with E-state index in [1.165, 1.54) is 5.56 Å². The highest BCUT2D eigenvalue weighted by molar-refractivity contribution is 9.10. The number of nitrogens with zero attached hydrogens (tertiary/aromatic N) is 1. The lowest BCUT2D eigenvalue weighted by Gasteiger charge is -2.06. The first-order valence-electron chi connectivity index (χ1n) is 5.34. The van der Waals surface area contributed by atoms with Gasteiger partial charge in [0.15, 0.2) is 5.13 Å². The zero-order chi connectivity index (χ0) is 12.1. The zero-order valence-electron chi connectivity index (χ0n) is 9.44. The van der Waals surface area contributed by atoms with Crippen LogP contribution in [0.5, 0.6) is 5.75 Å². The molecule has 0 saturated carbocycles. The average Bonchev–Trinajstić information content (AvgIpc) is 2.74. The third-order valence-corrected chi connectivity index (χ3v) is 3.64. The van der Waals surface area contributed by atoms with Crippen LogP contribution >= 0.6 is 27.3 Å². The number of ether oxygens (including phenoxy) is 1. The molecular formula is C12H13BrN2OS. The van der Waals surface area contributed by atoms with Crippen LogP contribution in [0.25, 0.3) is 0 Å². The Morgan fingerprint density at radius 2 is 2.35 bits per heavy atom. The van der Waals surface area contributed by atoms with Gasteiger partial charge in [0, 0.05) is 11.9 Å². The zero-order valence-corrected chi connectivity index (χ0v) is 11.8. The Morgan fingerprint density at radius 1 is 1.47 bits per heavy atom. The first-order valence-corrected chi connectivity index (χ1v) is 7.02. The fourth-order valence-electron chi connectivity index (χ4n) is 1.42. The van der Waals surface area contributed by atoms with Crippen LogP contribution in [0.4, 0.5) is 5.13 Å². The van der Waals surface area contributed by atoms with Crippen molar-refractivity contribution in [3.05, 3.63) is 39.8 Å². The van der Waals surface area contributed by atoms with E-state index in [1.54, 1.807) is 11.3 Å². The van der Waals surface area contributed by atoms with Gasteiger partial charge < -0.3 is 10.1 Å². The quantitative estimate of drug-likeness (QED) is 0.908. The summed E-state index contributed by atoms with van der Waals surface area (Å²) in [4.78, 5) is 4.28. The van der Waals surface area contributed by atoms with Gasteiger partial charge in [0.25, 0.3) is 0 Å². The van der Waals surface area contributed by atoms with E-state index in [4.69, 9.17) is 4.74 Å². The van der Waals surface area contributed by atoms with Gasteiger partial charge in [0.2, 0.25) is 0 Å². The van der Waals surface area contributed by atoms with Crippen LogP contribution in [0, 0.1) is 0 Å². The van der Waals surface area contributed by atoms with Gasteiger partial charge in [0.05, 0.1) is 6.61 Å². The van der Waals surface area contributed by atoms with Crippen molar-refractivity contribution in [2.75, 3.05) is 11.9 Å². The number of thiazole rings is 1.